The zero-order chi connectivity index (χ0) is 22.9. The lowest BCUT2D eigenvalue weighted by Gasteiger charge is -2.37. The third-order valence-corrected chi connectivity index (χ3v) is 7.45. The first-order chi connectivity index (χ1) is 15.2. The zero-order valence-electron chi connectivity index (χ0n) is 18.8. The van der Waals surface area contributed by atoms with Crippen molar-refractivity contribution in [2.45, 2.75) is 38.5 Å². The molecule has 0 aliphatic carbocycles. The summed E-state index contributed by atoms with van der Waals surface area (Å²) in [7, 11) is -3.70. The quantitative estimate of drug-likeness (QED) is 0.747. The second-order valence-electron chi connectivity index (χ2n) is 8.81. The largest absolute Gasteiger partial charge is 0.368 e. The minimum atomic E-state index is -3.70. The molecule has 0 saturated carbocycles. The molecule has 2 aromatic carbocycles. The maximum absolute atomic E-state index is 12.9. The first kappa shape index (κ1) is 22.3. The maximum atomic E-state index is 12.9. The summed E-state index contributed by atoms with van der Waals surface area (Å²) < 4.78 is 28.8. The van der Waals surface area contributed by atoms with Crippen LogP contribution in [0.3, 0.4) is 0 Å². The fourth-order valence-electron chi connectivity index (χ4n) is 4.34. The standard InChI is InChI=1S/C24H30N4O3S/c1-17-8-9-19(3)21(14-17)27-10-12-28(13-11-27)24(29)16-18(2)15-23-25-20-6-4-5-7-22(20)32(30,31)26-23/h4-9,14,18H,10-13,15-16H2,1-3H3,(H,25,26)/t18-/m1/s1. The van der Waals surface area contributed by atoms with Crippen molar-refractivity contribution in [1.29, 1.82) is 0 Å². The van der Waals surface area contributed by atoms with Crippen molar-refractivity contribution in [1.82, 2.24) is 4.90 Å². The van der Waals surface area contributed by atoms with E-state index in [0.29, 0.717) is 37.5 Å². The molecule has 2 heterocycles. The topological polar surface area (TPSA) is 82.1 Å². The first-order valence-electron chi connectivity index (χ1n) is 11.0. The molecular weight excluding hydrogens is 424 g/mol. The average molecular weight is 455 g/mol. The maximum Gasteiger partial charge on any atom is 0.286 e. The number of anilines is 2. The normalized spacial score (nSPS) is 18.4. The number of nitrogens with one attached hydrogen (secondary N) is 1. The van der Waals surface area contributed by atoms with E-state index in [9.17, 15) is 13.2 Å². The summed E-state index contributed by atoms with van der Waals surface area (Å²) in [5.41, 5.74) is 4.27. The van der Waals surface area contributed by atoms with Gasteiger partial charge in [-0.05, 0) is 49.1 Å². The van der Waals surface area contributed by atoms with Gasteiger partial charge < -0.3 is 15.1 Å². The Balaban J connectivity index is 1.32. The van der Waals surface area contributed by atoms with E-state index in [1.165, 1.54) is 16.8 Å². The number of nitrogens with zero attached hydrogens (tertiary/aromatic N) is 3. The van der Waals surface area contributed by atoms with Crippen molar-refractivity contribution in [3.63, 3.8) is 0 Å². The molecule has 2 aliphatic rings. The summed E-state index contributed by atoms with van der Waals surface area (Å²) in [5.74, 6) is 0.479. The molecule has 170 valence electrons. The van der Waals surface area contributed by atoms with Crippen molar-refractivity contribution in [2.75, 3.05) is 36.4 Å². The van der Waals surface area contributed by atoms with Crippen LogP contribution in [-0.2, 0) is 14.8 Å². The van der Waals surface area contributed by atoms with Crippen LogP contribution in [0.1, 0.15) is 30.9 Å². The van der Waals surface area contributed by atoms with E-state index >= 15 is 0 Å². The summed E-state index contributed by atoms with van der Waals surface area (Å²) in [6.07, 6.45) is 0.771. The predicted molar refractivity (Wildman–Crippen MR) is 128 cm³/mol. The van der Waals surface area contributed by atoms with Crippen LogP contribution in [0.2, 0.25) is 0 Å². The van der Waals surface area contributed by atoms with Gasteiger partial charge in [0.15, 0.2) is 0 Å². The van der Waals surface area contributed by atoms with Crippen LogP contribution in [0, 0.1) is 19.8 Å². The fourth-order valence-corrected chi connectivity index (χ4v) is 5.50. The third-order valence-electron chi connectivity index (χ3n) is 6.08. The number of amides is 1. The van der Waals surface area contributed by atoms with E-state index in [-0.39, 0.29) is 16.7 Å². The molecule has 0 spiro atoms. The third kappa shape index (κ3) is 4.80. The lowest BCUT2D eigenvalue weighted by Crippen LogP contribution is -2.49. The summed E-state index contributed by atoms with van der Waals surface area (Å²) in [4.78, 5) is 17.3. The molecule has 8 heteroatoms. The van der Waals surface area contributed by atoms with Crippen LogP contribution in [0.4, 0.5) is 11.4 Å². The summed E-state index contributed by atoms with van der Waals surface area (Å²) in [6, 6.07) is 13.2. The van der Waals surface area contributed by atoms with Crippen LogP contribution in [0.5, 0.6) is 0 Å². The Bertz CT molecular complexity index is 1150. The van der Waals surface area contributed by atoms with Gasteiger partial charge in [0.25, 0.3) is 10.0 Å². The highest BCUT2D eigenvalue weighted by molar-refractivity contribution is 7.90. The fraction of sp³-hybridized carbons (Fsp3) is 0.417. The van der Waals surface area contributed by atoms with Gasteiger partial charge in [-0.1, -0.05) is 31.2 Å². The van der Waals surface area contributed by atoms with Crippen LogP contribution >= 0.6 is 0 Å². The molecule has 0 unspecified atom stereocenters. The Hall–Kier alpha value is -2.87. The van der Waals surface area contributed by atoms with Gasteiger partial charge in [-0.15, -0.1) is 4.40 Å². The molecule has 32 heavy (non-hydrogen) atoms. The van der Waals surface area contributed by atoms with Crippen LogP contribution in [0.25, 0.3) is 0 Å². The molecule has 2 aromatic rings. The number of carbonyl (C=O) groups excluding carboxylic acids is 1. The van der Waals surface area contributed by atoms with Gasteiger partial charge in [0, 0.05) is 44.7 Å². The average Bonchev–Trinajstić information content (AvgIpc) is 2.75. The number of fused-ring (bicyclic) bond motifs is 1. The number of hydrogen-bond donors (Lipinski definition) is 1. The zero-order valence-corrected chi connectivity index (χ0v) is 19.7. The van der Waals surface area contributed by atoms with Crippen molar-refractivity contribution in [2.24, 2.45) is 10.3 Å². The minimum Gasteiger partial charge on any atom is -0.368 e. The number of rotatable bonds is 5. The summed E-state index contributed by atoms with van der Waals surface area (Å²) in [6.45, 7) is 9.19. The molecular formula is C24H30N4O3S. The second kappa shape index (κ2) is 8.94. The molecule has 0 radical (unpaired) electrons. The number of aryl methyl sites for hydroxylation is 2. The monoisotopic (exact) mass is 454 g/mol. The van der Waals surface area contributed by atoms with Crippen molar-refractivity contribution < 1.29 is 13.2 Å². The molecule has 0 aromatic heterocycles. The van der Waals surface area contributed by atoms with E-state index in [1.54, 1.807) is 24.3 Å². The number of piperazine rings is 1. The number of carbonyl (C=O) groups is 1. The molecule has 7 nitrogen and oxygen atoms in total. The SMILES string of the molecule is Cc1ccc(C)c(N2CCN(C(=O)C[C@H](C)CC3=NS(=O)(=O)c4ccccc4N3)CC2)c1. The molecule has 0 bridgehead atoms. The highest BCUT2D eigenvalue weighted by Crippen LogP contribution is 2.28. The van der Waals surface area contributed by atoms with Gasteiger partial charge in [-0.3, -0.25) is 4.79 Å². The van der Waals surface area contributed by atoms with Gasteiger partial charge >= 0.3 is 0 Å². The van der Waals surface area contributed by atoms with Gasteiger partial charge in [-0.25, -0.2) is 0 Å². The molecule has 2 aliphatic heterocycles. The van der Waals surface area contributed by atoms with Gasteiger partial charge in [0.05, 0.1) is 5.69 Å². The van der Waals surface area contributed by atoms with E-state index in [2.05, 4.69) is 46.7 Å². The van der Waals surface area contributed by atoms with Crippen LogP contribution in [0.15, 0.2) is 51.8 Å². The van der Waals surface area contributed by atoms with E-state index < -0.39 is 10.0 Å². The second-order valence-corrected chi connectivity index (χ2v) is 10.4. The van der Waals surface area contributed by atoms with Crippen molar-refractivity contribution in [3.8, 4) is 0 Å². The van der Waals surface area contributed by atoms with E-state index in [0.717, 1.165) is 13.1 Å². The van der Waals surface area contributed by atoms with Crippen molar-refractivity contribution in [3.05, 3.63) is 53.6 Å². The number of hydrogen-bond acceptors (Lipinski definition) is 5. The Morgan fingerprint density at radius 3 is 2.56 bits per heavy atom. The lowest BCUT2D eigenvalue weighted by atomic mass is 10.0. The number of sulfonamides is 1. The van der Waals surface area contributed by atoms with Crippen molar-refractivity contribution >= 4 is 33.1 Å². The van der Waals surface area contributed by atoms with Gasteiger partial charge in [0.2, 0.25) is 5.91 Å². The minimum absolute atomic E-state index is 0.0220. The molecule has 1 N–H and O–H groups in total. The van der Waals surface area contributed by atoms with Crippen LogP contribution < -0.4 is 10.2 Å². The molecule has 1 saturated heterocycles. The first-order valence-corrected chi connectivity index (χ1v) is 12.5. The number of para-hydroxylation sites is 1. The Morgan fingerprint density at radius 1 is 1.09 bits per heavy atom. The smallest absolute Gasteiger partial charge is 0.286 e. The number of amidine groups is 1. The molecule has 1 amide bonds. The lowest BCUT2D eigenvalue weighted by molar-refractivity contribution is -0.132. The van der Waals surface area contributed by atoms with Gasteiger partial charge in [-0.2, -0.15) is 8.42 Å². The van der Waals surface area contributed by atoms with Gasteiger partial charge in [0.1, 0.15) is 10.7 Å². The van der Waals surface area contributed by atoms with E-state index in [4.69, 9.17) is 0 Å². The summed E-state index contributed by atoms with van der Waals surface area (Å²) >= 11 is 0. The molecule has 1 fully saturated rings. The highest BCUT2D eigenvalue weighted by Gasteiger charge is 2.27. The molecule has 1 atom stereocenters. The Morgan fingerprint density at radius 2 is 1.81 bits per heavy atom. The van der Waals surface area contributed by atoms with Crippen LogP contribution in [-0.4, -0.2) is 51.2 Å². The Labute approximate surface area is 190 Å². The Kier molecular flexibility index (Phi) is 6.24. The predicted octanol–water partition coefficient (Wildman–Crippen LogP) is 3.58. The van der Waals surface area contributed by atoms with E-state index in [1.807, 2.05) is 11.8 Å². The summed E-state index contributed by atoms with van der Waals surface area (Å²) in [5, 5.41) is 3.11. The number of benzene rings is 2. The highest BCUT2D eigenvalue weighted by atomic mass is 32.2. The molecule has 4 rings (SSSR count).